The molecule has 2 atom stereocenters. The molecule has 0 aromatic carbocycles. The van der Waals surface area contributed by atoms with Gasteiger partial charge >= 0.3 is 6.09 Å². The van der Waals surface area contributed by atoms with E-state index in [0.717, 1.165) is 12.8 Å². The van der Waals surface area contributed by atoms with Crippen molar-refractivity contribution in [3.05, 3.63) is 0 Å². The lowest BCUT2D eigenvalue weighted by atomic mass is 9.87. The van der Waals surface area contributed by atoms with Crippen molar-refractivity contribution in [3.63, 3.8) is 0 Å². The predicted molar refractivity (Wildman–Crippen MR) is 52.9 cm³/mol. The van der Waals surface area contributed by atoms with Gasteiger partial charge in [0.25, 0.3) is 0 Å². The number of hydrogen-bond donors (Lipinski definition) is 1. The second-order valence-corrected chi connectivity index (χ2v) is 4.48. The summed E-state index contributed by atoms with van der Waals surface area (Å²) in [6, 6.07) is 0. The van der Waals surface area contributed by atoms with Crippen molar-refractivity contribution in [2.75, 3.05) is 6.61 Å². The minimum Gasteiger partial charge on any atom is -0.443 e. The fourth-order valence-electron chi connectivity index (χ4n) is 1.78. The van der Waals surface area contributed by atoms with E-state index in [1.165, 1.54) is 0 Å². The monoisotopic (exact) mass is 201 g/mol. The first kappa shape index (κ1) is 11.3. The molecule has 0 aromatic rings. The highest BCUT2D eigenvalue weighted by Crippen LogP contribution is 2.31. The Morgan fingerprint density at radius 2 is 2.29 bits per heavy atom. The van der Waals surface area contributed by atoms with Gasteiger partial charge in [-0.15, -0.1) is 0 Å². The van der Waals surface area contributed by atoms with Crippen LogP contribution in [-0.2, 0) is 9.47 Å². The first-order valence-electron chi connectivity index (χ1n) is 5.03. The number of amides is 1. The van der Waals surface area contributed by atoms with Crippen LogP contribution >= 0.6 is 0 Å². The van der Waals surface area contributed by atoms with Crippen LogP contribution in [0.3, 0.4) is 0 Å². The molecule has 1 aliphatic rings. The number of carbonyl (C=O) groups is 1. The molecule has 1 heterocycles. The van der Waals surface area contributed by atoms with E-state index in [1.54, 1.807) is 0 Å². The second kappa shape index (κ2) is 4.17. The standard InChI is InChI=1S/C10H19NO3/c1-7(2)8-6-10(3,4-5-13-8)14-9(11)12/h7-8H,4-6H2,1-3H3,(H2,11,12). The summed E-state index contributed by atoms with van der Waals surface area (Å²) in [6.07, 6.45) is 0.914. The van der Waals surface area contributed by atoms with Gasteiger partial charge in [0.15, 0.2) is 0 Å². The summed E-state index contributed by atoms with van der Waals surface area (Å²) in [5.74, 6) is 0.436. The maximum absolute atomic E-state index is 10.7. The van der Waals surface area contributed by atoms with Gasteiger partial charge in [0, 0.05) is 12.8 Å². The lowest BCUT2D eigenvalue weighted by molar-refractivity contribution is -0.109. The SMILES string of the molecule is CC(C)C1CC(C)(OC(N)=O)CCO1. The summed E-state index contributed by atoms with van der Waals surface area (Å²) in [5.41, 5.74) is 4.58. The largest absolute Gasteiger partial charge is 0.443 e. The highest BCUT2D eigenvalue weighted by Gasteiger charge is 2.36. The van der Waals surface area contributed by atoms with Crippen LogP contribution in [0.5, 0.6) is 0 Å². The lowest BCUT2D eigenvalue weighted by Gasteiger charge is -2.38. The maximum atomic E-state index is 10.7. The molecule has 1 rings (SSSR count). The molecule has 4 heteroatoms. The summed E-state index contributed by atoms with van der Waals surface area (Å²) in [4.78, 5) is 10.7. The van der Waals surface area contributed by atoms with Crippen molar-refractivity contribution in [2.45, 2.75) is 45.3 Å². The maximum Gasteiger partial charge on any atom is 0.405 e. The fourth-order valence-corrected chi connectivity index (χ4v) is 1.78. The molecule has 1 fully saturated rings. The molecule has 1 amide bonds. The zero-order valence-corrected chi connectivity index (χ0v) is 9.08. The third-order valence-corrected chi connectivity index (χ3v) is 2.69. The Labute approximate surface area is 84.7 Å². The van der Waals surface area contributed by atoms with Crippen molar-refractivity contribution in [1.82, 2.24) is 0 Å². The number of hydrogen-bond acceptors (Lipinski definition) is 3. The van der Waals surface area contributed by atoms with E-state index in [9.17, 15) is 4.79 Å². The molecule has 2 N–H and O–H groups in total. The van der Waals surface area contributed by atoms with Crippen LogP contribution in [0.4, 0.5) is 4.79 Å². The van der Waals surface area contributed by atoms with Gasteiger partial charge in [0.2, 0.25) is 0 Å². The Bertz CT molecular complexity index is 217. The highest BCUT2D eigenvalue weighted by atomic mass is 16.6. The number of carbonyl (C=O) groups excluding carboxylic acids is 1. The summed E-state index contributed by atoms with van der Waals surface area (Å²) in [7, 11) is 0. The van der Waals surface area contributed by atoms with Crippen LogP contribution in [0.1, 0.15) is 33.6 Å². The molecule has 0 spiro atoms. The van der Waals surface area contributed by atoms with Gasteiger partial charge in [-0.25, -0.2) is 4.79 Å². The number of nitrogens with two attached hydrogens (primary N) is 1. The zero-order valence-electron chi connectivity index (χ0n) is 9.08. The summed E-state index contributed by atoms with van der Waals surface area (Å²) >= 11 is 0. The highest BCUT2D eigenvalue weighted by molar-refractivity contribution is 5.65. The van der Waals surface area contributed by atoms with E-state index in [1.807, 2.05) is 6.92 Å². The van der Waals surface area contributed by atoms with Crippen molar-refractivity contribution in [2.24, 2.45) is 11.7 Å². The van der Waals surface area contributed by atoms with Gasteiger partial charge in [-0.1, -0.05) is 13.8 Å². The Morgan fingerprint density at radius 3 is 2.79 bits per heavy atom. The molecule has 14 heavy (non-hydrogen) atoms. The van der Waals surface area contributed by atoms with Gasteiger partial charge in [-0.05, 0) is 12.8 Å². The van der Waals surface area contributed by atoms with E-state index < -0.39 is 11.7 Å². The average molecular weight is 201 g/mol. The molecular weight excluding hydrogens is 182 g/mol. The van der Waals surface area contributed by atoms with E-state index in [4.69, 9.17) is 15.2 Å². The zero-order chi connectivity index (χ0) is 10.8. The summed E-state index contributed by atoms with van der Waals surface area (Å²) < 4.78 is 10.7. The van der Waals surface area contributed by atoms with Gasteiger partial charge in [-0.3, -0.25) is 0 Å². The number of primary amides is 1. The summed E-state index contributed by atoms with van der Waals surface area (Å²) in [6.45, 7) is 6.74. The van der Waals surface area contributed by atoms with Crippen LogP contribution in [0.25, 0.3) is 0 Å². The quantitative estimate of drug-likeness (QED) is 0.739. The normalized spacial score (nSPS) is 33.0. The molecule has 4 nitrogen and oxygen atoms in total. The molecule has 1 aliphatic heterocycles. The number of ether oxygens (including phenoxy) is 2. The lowest BCUT2D eigenvalue weighted by Crippen LogP contribution is -2.44. The van der Waals surface area contributed by atoms with Crippen molar-refractivity contribution >= 4 is 6.09 Å². The minimum atomic E-state index is -0.697. The molecule has 0 radical (unpaired) electrons. The van der Waals surface area contributed by atoms with Crippen molar-refractivity contribution < 1.29 is 14.3 Å². The molecule has 0 aliphatic carbocycles. The Morgan fingerprint density at radius 1 is 1.64 bits per heavy atom. The molecule has 1 saturated heterocycles. The molecule has 0 bridgehead atoms. The Kier molecular flexibility index (Phi) is 3.37. The summed E-state index contributed by atoms with van der Waals surface area (Å²) in [5, 5.41) is 0. The van der Waals surface area contributed by atoms with Crippen LogP contribution in [0.2, 0.25) is 0 Å². The molecule has 82 valence electrons. The molecule has 2 unspecified atom stereocenters. The second-order valence-electron chi connectivity index (χ2n) is 4.48. The number of rotatable bonds is 2. The van der Waals surface area contributed by atoms with Gasteiger partial charge in [0.05, 0.1) is 12.7 Å². The average Bonchev–Trinajstić information content (AvgIpc) is 2.01. The molecular formula is C10H19NO3. The minimum absolute atomic E-state index is 0.160. The topological polar surface area (TPSA) is 61.5 Å². The Hall–Kier alpha value is -0.770. The van der Waals surface area contributed by atoms with Crippen LogP contribution in [0, 0.1) is 5.92 Å². The van der Waals surface area contributed by atoms with E-state index in [2.05, 4.69) is 13.8 Å². The Balaban J connectivity index is 2.57. The third kappa shape index (κ3) is 2.87. The van der Waals surface area contributed by atoms with Crippen molar-refractivity contribution in [1.29, 1.82) is 0 Å². The molecule has 0 aromatic heterocycles. The van der Waals surface area contributed by atoms with Gasteiger partial charge in [-0.2, -0.15) is 0 Å². The van der Waals surface area contributed by atoms with Crippen LogP contribution < -0.4 is 5.73 Å². The first-order chi connectivity index (χ1) is 6.43. The first-order valence-corrected chi connectivity index (χ1v) is 5.03. The van der Waals surface area contributed by atoms with Gasteiger partial charge < -0.3 is 15.2 Å². The third-order valence-electron chi connectivity index (χ3n) is 2.69. The van der Waals surface area contributed by atoms with E-state index in [-0.39, 0.29) is 6.10 Å². The molecule has 0 saturated carbocycles. The van der Waals surface area contributed by atoms with Gasteiger partial charge in [0.1, 0.15) is 5.60 Å². The predicted octanol–water partition coefficient (Wildman–Crippen LogP) is 1.68. The van der Waals surface area contributed by atoms with Crippen molar-refractivity contribution in [3.8, 4) is 0 Å². The smallest absolute Gasteiger partial charge is 0.405 e. The van der Waals surface area contributed by atoms with Crippen LogP contribution in [-0.4, -0.2) is 24.4 Å². The fraction of sp³-hybridized carbons (Fsp3) is 0.900. The van der Waals surface area contributed by atoms with E-state index >= 15 is 0 Å². The van der Waals surface area contributed by atoms with E-state index in [0.29, 0.717) is 12.5 Å². The van der Waals surface area contributed by atoms with Crippen LogP contribution in [0.15, 0.2) is 0 Å².